The number of halogens is 1. The lowest BCUT2D eigenvalue weighted by atomic mass is 10.2. The number of anilines is 1. The Labute approximate surface area is 164 Å². The summed E-state index contributed by atoms with van der Waals surface area (Å²) >= 11 is 6.75. The van der Waals surface area contributed by atoms with Crippen molar-refractivity contribution in [2.24, 2.45) is 0 Å². The van der Waals surface area contributed by atoms with Gasteiger partial charge in [0.05, 0.1) is 23.4 Å². The zero-order valence-corrected chi connectivity index (χ0v) is 16.5. The van der Waals surface area contributed by atoms with Crippen LogP contribution in [0.4, 0.5) is 5.13 Å². The second-order valence-corrected chi connectivity index (χ2v) is 8.81. The molecule has 0 radical (unpaired) electrons. The van der Waals surface area contributed by atoms with Gasteiger partial charge in [-0.15, -0.1) is 10.2 Å². The Morgan fingerprint density at radius 1 is 1.26 bits per heavy atom. The number of benzene rings is 1. The van der Waals surface area contributed by atoms with Crippen molar-refractivity contribution in [2.75, 3.05) is 11.9 Å². The number of sulfonamides is 1. The number of furan rings is 1. The minimum Gasteiger partial charge on any atom is -0.468 e. The first kappa shape index (κ1) is 19.5. The van der Waals surface area contributed by atoms with E-state index in [0.717, 1.165) is 11.3 Å². The summed E-state index contributed by atoms with van der Waals surface area (Å²) in [7, 11) is -3.87. The third kappa shape index (κ3) is 4.35. The molecule has 0 saturated carbocycles. The van der Waals surface area contributed by atoms with Crippen molar-refractivity contribution in [1.82, 2.24) is 14.5 Å². The van der Waals surface area contributed by atoms with Crippen LogP contribution < -0.4 is 5.32 Å². The van der Waals surface area contributed by atoms with E-state index in [1.165, 1.54) is 10.6 Å². The third-order valence-corrected chi connectivity index (χ3v) is 7.01. The minimum atomic E-state index is -3.87. The highest BCUT2D eigenvalue weighted by Crippen LogP contribution is 2.25. The van der Waals surface area contributed by atoms with Crippen molar-refractivity contribution in [3.8, 4) is 0 Å². The van der Waals surface area contributed by atoms with E-state index in [2.05, 4.69) is 15.5 Å². The Kier molecular flexibility index (Phi) is 5.90. The van der Waals surface area contributed by atoms with E-state index in [0.29, 0.717) is 5.76 Å². The molecule has 0 unspecified atom stereocenters. The number of carbonyl (C=O) groups excluding carboxylic acids is 1. The van der Waals surface area contributed by atoms with Gasteiger partial charge in [0.15, 0.2) is 0 Å². The van der Waals surface area contributed by atoms with E-state index in [1.54, 1.807) is 43.3 Å². The molecule has 0 aliphatic heterocycles. The molecule has 11 heteroatoms. The molecule has 3 aromatic rings. The summed E-state index contributed by atoms with van der Waals surface area (Å²) in [6.45, 7) is 2.01. The average Bonchev–Trinajstić information content (AvgIpc) is 3.32. The summed E-state index contributed by atoms with van der Waals surface area (Å²) in [5, 5.41) is 10.3. The second-order valence-electron chi connectivity index (χ2n) is 5.32. The molecular formula is C16H15ClN4O4S2. The van der Waals surface area contributed by atoms with Crippen molar-refractivity contribution in [1.29, 1.82) is 0 Å². The fourth-order valence-electron chi connectivity index (χ4n) is 2.23. The lowest BCUT2D eigenvalue weighted by Gasteiger charge is -2.16. The quantitative estimate of drug-likeness (QED) is 0.581. The number of aromatic nitrogens is 2. The fraction of sp³-hybridized carbons (Fsp3) is 0.188. The summed E-state index contributed by atoms with van der Waals surface area (Å²) in [4.78, 5) is 12.3. The van der Waals surface area contributed by atoms with Gasteiger partial charge in [0, 0.05) is 6.54 Å². The maximum atomic E-state index is 12.8. The molecule has 2 aromatic heterocycles. The molecule has 3 rings (SSSR count). The molecule has 142 valence electrons. The van der Waals surface area contributed by atoms with Crippen LogP contribution in [-0.4, -0.2) is 35.4 Å². The highest BCUT2D eigenvalue weighted by Gasteiger charge is 2.28. The second kappa shape index (κ2) is 8.17. The van der Waals surface area contributed by atoms with Gasteiger partial charge in [-0.3, -0.25) is 10.1 Å². The van der Waals surface area contributed by atoms with Crippen molar-refractivity contribution in [3.05, 3.63) is 59.0 Å². The van der Waals surface area contributed by atoms with Crippen molar-refractivity contribution < 1.29 is 17.6 Å². The molecular weight excluding hydrogens is 412 g/mol. The molecule has 0 atom stereocenters. The van der Waals surface area contributed by atoms with Crippen LogP contribution in [0, 0.1) is 0 Å². The maximum absolute atomic E-state index is 12.8. The number of nitrogens with one attached hydrogen (secondary N) is 1. The first-order valence-electron chi connectivity index (χ1n) is 7.83. The van der Waals surface area contributed by atoms with E-state index in [9.17, 15) is 13.2 Å². The van der Waals surface area contributed by atoms with Gasteiger partial charge in [-0.25, -0.2) is 8.42 Å². The summed E-state index contributed by atoms with van der Waals surface area (Å²) in [6, 6.07) is 9.88. The molecule has 1 amide bonds. The number of hydrogen-bond acceptors (Lipinski definition) is 7. The number of carbonyl (C=O) groups is 1. The van der Waals surface area contributed by atoms with Gasteiger partial charge in [0.1, 0.15) is 5.76 Å². The van der Waals surface area contributed by atoms with Gasteiger partial charge in [0.2, 0.25) is 9.47 Å². The molecule has 0 saturated heterocycles. The Morgan fingerprint density at radius 3 is 2.70 bits per heavy atom. The minimum absolute atomic E-state index is 0.0625. The topological polar surface area (TPSA) is 105 Å². The standard InChI is InChI=1S/C16H15ClN4O4S2/c1-2-21(10-11-6-5-9-25-11)27(23,24)16-20-19-15(26-16)18-14(22)12-7-3-4-8-13(12)17/h3-9H,2,10H2,1H3,(H,18,19,22). The SMILES string of the molecule is CCN(Cc1ccco1)S(=O)(=O)c1nnc(NC(=O)c2ccccc2Cl)s1. The van der Waals surface area contributed by atoms with Gasteiger partial charge in [-0.2, -0.15) is 4.31 Å². The lowest BCUT2D eigenvalue weighted by molar-refractivity contribution is 0.102. The Morgan fingerprint density at radius 2 is 2.04 bits per heavy atom. The zero-order chi connectivity index (χ0) is 19.4. The molecule has 0 spiro atoms. The highest BCUT2D eigenvalue weighted by atomic mass is 35.5. The van der Waals surface area contributed by atoms with E-state index >= 15 is 0 Å². The van der Waals surface area contributed by atoms with Crippen LogP contribution in [-0.2, 0) is 16.6 Å². The number of hydrogen-bond donors (Lipinski definition) is 1. The average molecular weight is 427 g/mol. The maximum Gasteiger partial charge on any atom is 0.272 e. The van der Waals surface area contributed by atoms with E-state index in [4.69, 9.17) is 16.0 Å². The summed E-state index contributed by atoms with van der Waals surface area (Å²) in [5.74, 6) is 0.0146. The first-order chi connectivity index (χ1) is 12.9. The van der Waals surface area contributed by atoms with Gasteiger partial charge >= 0.3 is 0 Å². The molecule has 0 bridgehead atoms. The Hall–Kier alpha value is -2.27. The van der Waals surface area contributed by atoms with Crippen molar-refractivity contribution in [3.63, 3.8) is 0 Å². The van der Waals surface area contributed by atoms with Gasteiger partial charge in [-0.1, -0.05) is 42.0 Å². The third-order valence-electron chi connectivity index (χ3n) is 3.57. The van der Waals surface area contributed by atoms with Crippen LogP contribution in [0.2, 0.25) is 5.02 Å². The monoisotopic (exact) mass is 426 g/mol. The van der Waals surface area contributed by atoms with Crippen LogP contribution >= 0.6 is 22.9 Å². The number of amides is 1. The molecule has 1 N–H and O–H groups in total. The molecule has 8 nitrogen and oxygen atoms in total. The van der Waals surface area contributed by atoms with E-state index in [-0.39, 0.29) is 33.1 Å². The predicted molar refractivity (Wildman–Crippen MR) is 101 cm³/mol. The molecule has 2 heterocycles. The van der Waals surface area contributed by atoms with Crippen LogP contribution in [0.5, 0.6) is 0 Å². The number of rotatable bonds is 7. The van der Waals surface area contributed by atoms with Gasteiger partial charge < -0.3 is 4.42 Å². The van der Waals surface area contributed by atoms with Crippen LogP contribution in [0.25, 0.3) is 0 Å². The predicted octanol–water partition coefficient (Wildman–Crippen LogP) is 3.25. The normalized spacial score (nSPS) is 11.7. The van der Waals surface area contributed by atoms with Crippen molar-refractivity contribution >= 4 is 44.0 Å². The van der Waals surface area contributed by atoms with Crippen molar-refractivity contribution in [2.45, 2.75) is 17.8 Å². The summed E-state index contributed by atoms with van der Waals surface area (Å²) in [5.41, 5.74) is 0.256. The molecule has 0 aliphatic carbocycles. The first-order valence-corrected chi connectivity index (χ1v) is 10.5. The van der Waals surface area contributed by atoms with Gasteiger partial charge in [0.25, 0.3) is 15.9 Å². The summed E-state index contributed by atoms with van der Waals surface area (Å²) in [6.07, 6.45) is 1.48. The fourth-order valence-corrected chi connectivity index (χ4v) is 4.90. The van der Waals surface area contributed by atoms with E-state index in [1.807, 2.05) is 0 Å². The molecule has 0 aliphatic rings. The Balaban J connectivity index is 1.77. The van der Waals surface area contributed by atoms with E-state index < -0.39 is 15.9 Å². The van der Waals surface area contributed by atoms with Crippen LogP contribution in [0.3, 0.4) is 0 Å². The van der Waals surface area contributed by atoms with Gasteiger partial charge in [-0.05, 0) is 24.3 Å². The zero-order valence-electron chi connectivity index (χ0n) is 14.1. The Bertz CT molecular complexity index is 1030. The largest absolute Gasteiger partial charge is 0.468 e. The van der Waals surface area contributed by atoms with Crippen LogP contribution in [0.15, 0.2) is 51.4 Å². The van der Waals surface area contributed by atoms with Crippen LogP contribution in [0.1, 0.15) is 23.0 Å². The summed E-state index contributed by atoms with van der Waals surface area (Å²) < 4.78 is 31.7. The highest BCUT2D eigenvalue weighted by molar-refractivity contribution is 7.91. The molecule has 1 aromatic carbocycles. The number of nitrogens with zero attached hydrogens (tertiary/aromatic N) is 3. The lowest BCUT2D eigenvalue weighted by Crippen LogP contribution is -2.30. The smallest absolute Gasteiger partial charge is 0.272 e. The molecule has 27 heavy (non-hydrogen) atoms. The molecule has 0 fully saturated rings.